The number of benzene rings is 1. The van der Waals surface area contributed by atoms with Gasteiger partial charge in [-0.25, -0.2) is 0 Å². The monoisotopic (exact) mass is 266 g/mol. The number of nitrogens with one attached hydrogen (secondary N) is 1. The number of hydrogen-bond acceptors (Lipinski definition) is 2. The third kappa shape index (κ3) is 2.85. The van der Waals surface area contributed by atoms with Gasteiger partial charge in [-0.3, -0.25) is 4.79 Å². The molecule has 0 aromatic heterocycles. The van der Waals surface area contributed by atoms with Crippen molar-refractivity contribution in [1.29, 1.82) is 0 Å². The van der Waals surface area contributed by atoms with E-state index in [4.69, 9.17) is 11.6 Å². The minimum Gasteiger partial charge on any atom is -0.336 e. The highest BCUT2D eigenvalue weighted by atomic mass is 35.5. The van der Waals surface area contributed by atoms with E-state index in [1.807, 2.05) is 24.0 Å². The molecule has 0 atom stereocenters. The first kappa shape index (κ1) is 13.4. The highest BCUT2D eigenvalue weighted by Crippen LogP contribution is 2.19. The molecule has 0 aliphatic carbocycles. The van der Waals surface area contributed by atoms with Gasteiger partial charge in [0.1, 0.15) is 0 Å². The fraction of sp³-hybridized carbons (Fsp3) is 0.500. The van der Waals surface area contributed by atoms with Crippen LogP contribution in [0.15, 0.2) is 18.2 Å². The van der Waals surface area contributed by atoms with Crippen LogP contribution in [0.3, 0.4) is 0 Å². The molecule has 1 aliphatic heterocycles. The van der Waals surface area contributed by atoms with Gasteiger partial charge in [-0.15, -0.1) is 0 Å². The number of hydrogen-bond donors (Lipinski definition) is 1. The van der Waals surface area contributed by atoms with E-state index in [-0.39, 0.29) is 11.4 Å². The van der Waals surface area contributed by atoms with Gasteiger partial charge in [0, 0.05) is 35.8 Å². The predicted octanol–water partition coefficient (Wildman–Crippen LogP) is 2.47. The maximum Gasteiger partial charge on any atom is 0.254 e. The van der Waals surface area contributed by atoms with E-state index in [0.29, 0.717) is 10.6 Å². The summed E-state index contributed by atoms with van der Waals surface area (Å²) in [6, 6.07) is 5.46. The standard InChI is InChI=1S/C14H19ClN2O/c1-10-4-5-11(15)8-12(10)13(18)17-7-6-16-14(2,3)9-17/h4-5,8,16H,6-7,9H2,1-3H3. The molecule has 1 aromatic rings. The first-order valence-electron chi connectivity index (χ1n) is 6.19. The van der Waals surface area contributed by atoms with Crippen molar-refractivity contribution in [3.8, 4) is 0 Å². The van der Waals surface area contributed by atoms with Crippen LogP contribution in [0.2, 0.25) is 5.02 Å². The molecule has 1 saturated heterocycles. The topological polar surface area (TPSA) is 32.3 Å². The van der Waals surface area contributed by atoms with Crippen molar-refractivity contribution in [2.45, 2.75) is 26.3 Å². The van der Waals surface area contributed by atoms with E-state index >= 15 is 0 Å². The summed E-state index contributed by atoms with van der Waals surface area (Å²) >= 11 is 5.97. The molecule has 98 valence electrons. The summed E-state index contributed by atoms with van der Waals surface area (Å²) in [6.45, 7) is 8.45. The molecule has 0 unspecified atom stereocenters. The van der Waals surface area contributed by atoms with Gasteiger partial charge in [-0.1, -0.05) is 17.7 Å². The molecule has 18 heavy (non-hydrogen) atoms. The molecule has 0 spiro atoms. The molecule has 1 amide bonds. The predicted molar refractivity (Wildman–Crippen MR) is 74.2 cm³/mol. The van der Waals surface area contributed by atoms with Gasteiger partial charge in [-0.2, -0.15) is 0 Å². The Morgan fingerprint density at radius 3 is 2.83 bits per heavy atom. The zero-order valence-corrected chi connectivity index (χ0v) is 11.8. The Morgan fingerprint density at radius 2 is 2.17 bits per heavy atom. The van der Waals surface area contributed by atoms with Crippen molar-refractivity contribution >= 4 is 17.5 Å². The zero-order valence-electron chi connectivity index (χ0n) is 11.1. The second-order valence-electron chi connectivity index (χ2n) is 5.50. The Kier molecular flexibility index (Phi) is 3.64. The Balaban J connectivity index is 2.23. The molecule has 1 fully saturated rings. The molecule has 2 rings (SSSR count). The second kappa shape index (κ2) is 4.90. The Bertz CT molecular complexity index is 471. The van der Waals surface area contributed by atoms with Crippen LogP contribution in [0, 0.1) is 6.92 Å². The molecule has 0 radical (unpaired) electrons. The third-order valence-corrected chi connectivity index (χ3v) is 3.52. The van der Waals surface area contributed by atoms with Gasteiger partial charge >= 0.3 is 0 Å². The highest BCUT2D eigenvalue weighted by molar-refractivity contribution is 6.31. The first-order chi connectivity index (χ1) is 8.39. The van der Waals surface area contributed by atoms with Crippen molar-refractivity contribution < 1.29 is 4.79 Å². The zero-order chi connectivity index (χ0) is 13.3. The normalized spacial score (nSPS) is 18.8. The van der Waals surface area contributed by atoms with Gasteiger partial charge < -0.3 is 10.2 Å². The lowest BCUT2D eigenvalue weighted by atomic mass is 10.0. The summed E-state index contributed by atoms with van der Waals surface area (Å²) < 4.78 is 0. The van der Waals surface area contributed by atoms with Crippen molar-refractivity contribution in [3.63, 3.8) is 0 Å². The van der Waals surface area contributed by atoms with Crippen LogP contribution in [-0.4, -0.2) is 36.0 Å². The summed E-state index contributed by atoms with van der Waals surface area (Å²) in [5, 5.41) is 4.01. The number of carbonyl (C=O) groups is 1. The van der Waals surface area contributed by atoms with Crippen LogP contribution in [0.5, 0.6) is 0 Å². The second-order valence-corrected chi connectivity index (χ2v) is 5.93. The summed E-state index contributed by atoms with van der Waals surface area (Å²) in [5.74, 6) is 0.0737. The van der Waals surface area contributed by atoms with E-state index in [1.54, 1.807) is 6.07 Å². The Labute approximate surface area is 113 Å². The molecule has 0 bridgehead atoms. The van der Waals surface area contributed by atoms with E-state index in [0.717, 1.165) is 25.2 Å². The van der Waals surface area contributed by atoms with Crippen LogP contribution in [-0.2, 0) is 0 Å². The SMILES string of the molecule is Cc1ccc(Cl)cc1C(=O)N1CCNC(C)(C)C1. The maximum atomic E-state index is 12.5. The number of amides is 1. The number of halogens is 1. The van der Waals surface area contributed by atoms with Gasteiger partial charge in [0.05, 0.1) is 0 Å². The number of carbonyl (C=O) groups excluding carboxylic acids is 1. The van der Waals surface area contributed by atoms with E-state index < -0.39 is 0 Å². The molecular formula is C14H19ClN2O. The Hall–Kier alpha value is -1.06. The van der Waals surface area contributed by atoms with Crippen molar-refractivity contribution in [2.24, 2.45) is 0 Å². The summed E-state index contributed by atoms with van der Waals surface area (Å²) in [5.41, 5.74) is 1.65. The van der Waals surface area contributed by atoms with Crippen LogP contribution < -0.4 is 5.32 Å². The fourth-order valence-corrected chi connectivity index (χ4v) is 2.48. The Morgan fingerprint density at radius 1 is 1.44 bits per heavy atom. The number of aryl methyl sites for hydroxylation is 1. The number of nitrogens with zero attached hydrogens (tertiary/aromatic N) is 1. The van der Waals surface area contributed by atoms with Crippen LogP contribution >= 0.6 is 11.6 Å². The lowest BCUT2D eigenvalue weighted by Gasteiger charge is -2.39. The van der Waals surface area contributed by atoms with Gasteiger partial charge in [0.15, 0.2) is 0 Å². The molecule has 3 nitrogen and oxygen atoms in total. The number of piperazine rings is 1. The average Bonchev–Trinajstić information content (AvgIpc) is 2.30. The average molecular weight is 267 g/mol. The van der Waals surface area contributed by atoms with Crippen LogP contribution in [0.1, 0.15) is 29.8 Å². The van der Waals surface area contributed by atoms with Crippen LogP contribution in [0.4, 0.5) is 0 Å². The van der Waals surface area contributed by atoms with Gasteiger partial charge in [-0.05, 0) is 38.5 Å². The maximum absolute atomic E-state index is 12.5. The molecule has 4 heteroatoms. The van der Waals surface area contributed by atoms with E-state index in [1.165, 1.54) is 0 Å². The molecule has 0 saturated carbocycles. The fourth-order valence-electron chi connectivity index (χ4n) is 2.31. The summed E-state index contributed by atoms with van der Waals surface area (Å²) in [7, 11) is 0. The summed E-state index contributed by atoms with van der Waals surface area (Å²) in [4.78, 5) is 14.4. The molecular weight excluding hydrogens is 248 g/mol. The third-order valence-electron chi connectivity index (χ3n) is 3.29. The molecule has 1 N–H and O–H groups in total. The lowest BCUT2D eigenvalue weighted by molar-refractivity contribution is 0.0651. The molecule has 1 aliphatic rings. The highest BCUT2D eigenvalue weighted by Gasteiger charge is 2.29. The summed E-state index contributed by atoms with van der Waals surface area (Å²) in [6.07, 6.45) is 0. The molecule has 1 heterocycles. The van der Waals surface area contributed by atoms with Gasteiger partial charge in [0.2, 0.25) is 0 Å². The van der Waals surface area contributed by atoms with Crippen molar-refractivity contribution in [2.75, 3.05) is 19.6 Å². The lowest BCUT2D eigenvalue weighted by Crippen LogP contribution is -2.58. The first-order valence-corrected chi connectivity index (χ1v) is 6.57. The largest absolute Gasteiger partial charge is 0.336 e. The smallest absolute Gasteiger partial charge is 0.254 e. The minimum atomic E-state index is -0.0274. The van der Waals surface area contributed by atoms with Crippen molar-refractivity contribution in [1.82, 2.24) is 10.2 Å². The minimum absolute atomic E-state index is 0.0274. The van der Waals surface area contributed by atoms with E-state index in [2.05, 4.69) is 19.2 Å². The van der Waals surface area contributed by atoms with Crippen LogP contribution in [0.25, 0.3) is 0 Å². The molecule has 1 aromatic carbocycles. The number of rotatable bonds is 1. The van der Waals surface area contributed by atoms with Gasteiger partial charge in [0.25, 0.3) is 5.91 Å². The van der Waals surface area contributed by atoms with Crippen molar-refractivity contribution in [3.05, 3.63) is 34.3 Å². The quantitative estimate of drug-likeness (QED) is 0.847. The van der Waals surface area contributed by atoms with E-state index in [9.17, 15) is 4.79 Å².